The maximum Gasteiger partial charge on any atom is 0.240 e. The summed E-state index contributed by atoms with van der Waals surface area (Å²) in [6.45, 7) is 6.86. The molecule has 6 N–H and O–H groups in total. The number of imidazole rings is 1. The van der Waals surface area contributed by atoms with Gasteiger partial charge in [0.05, 0.1) is 54.1 Å². The first-order valence-electron chi connectivity index (χ1n) is 22.4. The molecular weight excluding hydrogens is 743 g/mol. The van der Waals surface area contributed by atoms with Crippen molar-refractivity contribution in [2.24, 2.45) is 16.6 Å². The summed E-state index contributed by atoms with van der Waals surface area (Å²) in [5.41, 5.74) is 13.0. The third-order valence-corrected chi connectivity index (χ3v) is 13.8. The number of likely N-dealkylation sites (N-methyl/N-ethyl adjacent to an activating group) is 1. The second kappa shape index (κ2) is 18.0. The van der Waals surface area contributed by atoms with E-state index in [1.54, 1.807) is 12.5 Å². The lowest BCUT2D eigenvalue weighted by molar-refractivity contribution is -0.138. The summed E-state index contributed by atoms with van der Waals surface area (Å²) in [5, 5.41) is 11.2. The van der Waals surface area contributed by atoms with Gasteiger partial charge in [-0.3, -0.25) is 34.8 Å². The van der Waals surface area contributed by atoms with E-state index in [1.165, 1.54) is 23.2 Å². The zero-order chi connectivity index (χ0) is 40.3. The van der Waals surface area contributed by atoms with E-state index in [2.05, 4.69) is 65.9 Å². The number of carbonyl (C=O) groups excluding carboxylic acids is 2. The highest BCUT2D eigenvalue weighted by Gasteiger charge is 2.36. The van der Waals surface area contributed by atoms with Gasteiger partial charge in [-0.1, -0.05) is 12.1 Å². The molecule has 316 valence electrons. The van der Waals surface area contributed by atoms with Crippen LogP contribution in [0, 0.1) is 5.92 Å². The Morgan fingerprint density at radius 2 is 1.78 bits per heavy atom. The van der Waals surface area contributed by atoms with Crippen LogP contribution in [0.2, 0.25) is 0 Å². The Balaban J connectivity index is 0.780. The summed E-state index contributed by atoms with van der Waals surface area (Å²) >= 11 is 0. The Labute approximate surface area is 348 Å². The molecule has 7 heterocycles. The first-order valence-corrected chi connectivity index (χ1v) is 22.4. The molecule has 3 aromatic heterocycles. The highest BCUT2D eigenvalue weighted by atomic mass is 16.2. The zero-order valence-electron chi connectivity index (χ0n) is 34.7. The maximum atomic E-state index is 14.0. The molecule has 3 aromatic rings. The number of hydrogen-bond donors (Lipinski definition) is 5. The number of aryl methyl sites for hydroxylation is 2. The van der Waals surface area contributed by atoms with Gasteiger partial charge in [-0.2, -0.15) is 0 Å². The van der Waals surface area contributed by atoms with Crippen molar-refractivity contribution in [3.05, 3.63) is 76.9 Å². The number of nitrogens with zero attached hydrogens (tertiary/aromatic N) is 8. The Morgan fingerprint density at radius 3 is 2.59 bits per heavy atom. The van der Waals surface area contributed by atoms with Crippen molar-refractivity contribution < 1.29 is 9.59 Å². The number of aromatic nitrogens is 4. The van der Waals surface area contributed by atoms with Crippen LogP contribution in [0.5, 0.6) is 0 Å². The van der Waals surface area contributed by atoms with Gasteiger partial charge in [0.15, 0.2) is 5.96 Å². The molecule has 2 amide bonds. The molecule has 59 heavy (non-hydrogen) atoms. The summed E-state index contributed by atoms with van der Waals surface area (Å²) < 4.78 is 0. The van der Waals surface area contributed by atoms with Gasteiger partial charge in [0.25, 0.3) is 0 Å². The Morgan fingerprint density at radius 1 is 0.966 bits per heavy atom. The molecule has 15 nitrogen and oxygen atoms in total. The molecule has 4 aliphatic heterocycles. The fourth-order valence-electron chi connectivity index (χ4n) is 10.5. The average Bonchev–Trinajstić information content (AvgIpc) is 3.99. The number of nitrogens with one attached hydrogen (secondary N) is 4. The summed E-state index contributed by atoms with van der Waals surface area (Å²) in [6, 6.07) is 8.95. The van der Waals surface area contributed by atoms with E-state index in [9.17, 15) is 9.59 Å². The minimum atomic E-state index is -0.391. The second-order valence-electron chi connectivity index (χ2n) is 17.8. The molecule has 0 radical (unpaired) electrons. The molecule has 3 fully saturated rings. The number of likely N-dealkylation sites (tertiary alicyclic amines) is 2. The molecule has 5 unspecified atom stereocenters. The Kier molecular flexibility index (Phi) is 12.2. The highest BCUT2D eigenvalue weighted by molar-refractivity contribution is 5.84. The predicted octanol–water partition coefficient (Wildman–Crippen LogP) is 2.25. The summed E-state index contributed by atoms with van der Waals surface area (Å²) in [4.78, 5) is 59.2. The second-order valence-corrected chi connectivity index (χ2v) is 17.8. The van der Waals surface area contributed by atoms with E-state index in [-0.39, 0.29) is 36.0 Å². The fourth-order valence-corrected chi connectivity index (χ4v) is 10.5. The number of H-pyrrole nitrogens is 1. The van der Waals surface area contributed by atoms with Gasteiger partial charge in [-0.25, -0.2) is 4.98 Å². The van der Waals surface area contributed by atoms with Crippen LogP contribution in [0.25, 0.3) is 0 Å². The number of pyridine rings is 2. The number of hydrogen-bond acceptors (Lipinski definition) is 12. The summed E-state index contributed by atoms with van der Waals surface area (Å²) in [7, 11) is 2.21. The normalized spacial score (nSPS) is 25.9. The molecule has 2 aliphatic carbocycles. The molecule has 6 aliphatic rings. The number of aliphatic imine (C=N–C) groups is 1. The number of carbonyl (C=O) groups is 2. The molecule has 9 rings (SSSR count). The van der Waals surface area contributed by atoms with Crippen LogP contribution in [0.4, 0.5) is 0 Å². The van der Waals surface area contributed by atoms with E-state index in [4.69, 9.17) is 20.7 Å². The van der Waals surface area contributed by atoms with Crippen molar-refractivity contribution in [2.75, 3.05) is 66.0 Å². The number of amides is 2. The monoisotopic (exact) mass is 806 g/mol. The van der Waals surface area contributed by atoms with Gasteiger partial charge in [0.1, 0.15) is 0 Å². The van der Waals surface area contributed by atoms with E-state index in [0.29, 0.717) is 38.0 Å². The minimum Gasteiger partial charge on any atom is -0.348 e. The molecule has 3 saturated heterocycles. The lowest BCUT2D eigenvalue weighted by Gasteiger charge is -2.41. The van der Waals surface area contributed by atoms with Crippen molar-refractivity contribution >= 4 is 17.8 Å². The van der Waals surface area contributed by atoms with E-state index >= 15 is 0 Å². The number of rotatable bonds is 10. The van der Waals surface area contributed by atoms with Crippen LogP contribution in [-0.2, 0) is 28.9 Å². The standard InChI is InChI=1S/C44H63N13O2/c1-54(39-9-3-6-29-7-4-16-48-41(29)39)26-34-27-57(22-17-47-34)42(58)31-12-18-56(19-13-31)44-49-25-38(53-44)35-11-10-30-5-2-8-36(40(30)52-35)51-37(23-33-24-46-28-50-33)43(59)55-20-14-32(45)15-21-55/h4,7,10-11,16,24,28,31-32,34,36-39,47,51H,2-3,5-6,8-9,12-15,17-23,25-27,45H2,1H3,(H,46,50)(H,49,53). The molecule has 15 heteroatoms. The van der Waals surface area contributed by atoms with E-state index in [0.717, 1.165) is 120 Å². The average molecular weight is 806 g/mol. The SMILES string of the molecule is CN(CC1CN(C(=O)C2CCN(C3=NCC(c4ccc5c(n4)C(NC(Cc4cnc[nH]4)C(=O)N4CCC(N)CC4)CCC5)N3)CC2)CCN1)C1CCCc2cccnc21. The van der Waals surface area contributed by atoms with E-state index in [1.807, 2.05) is 17.2 Å². The first kappa shape index (κ1) is 40.0. The third-order valence-electron chi connectivity index (χ3n) is 13.8. The molecule has 0 spiro atoms. The number of aromatic amines is 1. The van der Waals surface area contributed by atoms with Crippen LogP contribution in [-0.4, -0.2) is 141 Å². The van der Waals surface area contributed by atoms with Crippen LogP contribution in [0.3, 0.4) is 0 Å². The topological polar surface area (TPSA) is 176 Å². The van der Waals surface area contributed by atoms with Gasteiger partial charge in [-0.05, 0) is 94.5 Å². The smallest absolute Gasteiger partial charge is 0.240 e. The van der Waals surface area contributed by atoms with Crippen molar-refractivity contribution in [1.82, 2.24) is 55.5 Å². The number of nitrogens with two attached hydrogens (primary N) is 1. The maximum absolute atomic E-state index is 14.0. The van der Waals surface area contributed by atoms with Crippen LogP contribution >= 0.6 is 0 Å². The van der Waals surface area contributed by atoms with E-state index < -0.39 is 6.04 Å². The number of piperazine rings is 1. The number of guanidine groups is 1. The van der Waals surface area contributed by atoms with Crippen LogP contribution in [0.15, 0.2) is 48.0 Å². The van der Waals surface area contributed by atoms with Crippen LogP contribution < -0.4 is 21.7 Å². The summed E-state index contributed by atoms with van der Waals surface area (Å²) in [6.07, 6.45) is 15.6. The van der Waals surface area contributed by atoms with Crippen molar-refractivity contribution in [1.29, 1.82) is 0 Å². The Hall–Kier alpha value is -4.44. The molecule has 0 saturated carbocycles. The highest BCUT2D eigenvalue weighted by Crippen LogP contribution is 2.33. The predicted molar refractivity (Wildman–Crippen MR) is 226 cm³/mol. The van der Waals surface area contributed by atoms with Crippen molar-refractivity contribution in [2.45, 2.75) is 107 Å². The van der Waals surface area contributed by atoms with Gasteiger partial charge in [-0.15, -0.1) is 0 Å². The molecule has 0 bridgehead atoms. The first-order chi connectivity index (χ1) is 28.9. The lowest BCUT2D eigenvalue weighted by Crippen LogP contribution is -2.58. The minimum absolute atomic E-state index is 0.0222. The van der Waals surface area contributed by atoms with Gasteiger partial charge < -0.3 is 36.1 Å². The fraction of sp³-hybridized carbons (Fsp3) is 0.636. The van der Waals surface area contributed by atoms with Crippen molar-refractivity contribution in [3.8, 4) is 0 Å². The Bertz CT molecular complexity index is 1940. The largest absolute Gasteiger partial charge is 0.348 e. The number of piperidine rings is 2. The lowest BCUT2D eigenvalue weighted by atomic mass is 9.90. The van der Waals surface area contributed by atoms with Gasteiger partial charge in [0, 0.05) is 94.9 Å². The van der Waals surface area contributed by atoms with Gasteiger partial charge in [0.2, 0.25) is 11.8 Å². The third kappa shape index (κ3) is 9.03. The van der Waals surface area contributed by atoms with Crippen molar-refractivity contribution in [3.63, 3.8) is 0 Å². The zero-order valence-corrected chi connectivity index (χ0v) is 34.7. The molecule has 5 atom stereocenters. The van der Waals surface area contributed by atoms with Crippen LogP contribution in [0.1, 0.15) is 103 Å². The summed E-state index contributed by atoms with van der Waals surface area (Å²) in [5.74, 6) is 1.37. The number of fused-ring (bicyclic) bond motifs is 2. The van der Waals surface area contributed by atoms with Gasteiger partial charge >= 0.3 is 0 Å². The molecular formula is C44H63N13O2. The molecule has 0 aromatic carbocycles. The quantitative estimate of drug-likeness (QED) is 0.203.